The van der Waals surface area contributed by atoms with Gasteiger partial charge in [-0.05, 0) is 44.4 Å². The third-order valence-electron chi connectivity index (χ3n) is 4.17. The molecule has 0 fully saturated rings. The number of fused-ring (bicyclic) bond motifs is 1. The van der Waals surface area contributed by atoms with Crippen LogP contribution in [0, 0.1) is 0 Å². The van der Waals surface area contributed by atoms with Gasteiger partial charge in [-0.1, -0.05) is 12.1 Å². The van der Waals surface area contributed by atoms with Crippen LogP contribution in [0.25, 0.3) is 33.5 Å². The third kappa shape index (κ3) is 3.29. The number of benzene rings is 2. The van der Waals surface area contributed by atoms with E-state index in [9.17, 15) is 0 Å². The molecular weight excluding hydrogens is 328 g/mol. The number of aromatic amines is 2. The lowest BCUT2D eigenvalue weighted by atomic mass is 10.1. The molecule has 4 rings (SSSR count). The number of aromatic nitrogens is 5. The molecule has 2 aromatic carbocycles. The highest BCUT2D eigenvalue weighted by Crippen LogP contribution is 2.31. The summed E-state index contributed by atoms with van der Waals surface area (Å²) in [5.74, 6) is 1.58. The number of ether oxygens (including phenoxy) is 1. The van der Waals surface area contributed by atoms with Gasteiger partial charge in [0.2, 0.25) is 0 Å². The molecule has 0 amide bonds. The van der Waals surface area contributed by atoms with Crippen molar-refractivity contribution in [3.63, 3.8) is 0 Å². The van der Waals surface area contributed by atoms with Gasteiger partial charge in [0, 0.05) is 23.1 Å². The van der Waals surface area contributed by atoms with Crippen LogP contribution < -0.4 is 4.74 Å². The van der Waals surface area contributed by atoms with E-state index in [0.29, 0.717) is 6.61 Å². The van der Waals surface area contributed by atoms with Gasteiger partial charge in [0.05, 0.1) is 5.52 Å². The summed E-state index contributed by atoms with van der Waals surface area (Å²) in [6.07, 6.45) is 1.50. The van der Waals surface area contributed by atoms with Gasteiger partial charge < -0.3 is 9.64 Å². The summed E-state index contributed by atoms with van der Waals surface area (Å²) in [6.45, 7) is 1.52. The number of nitrogens with one attached hydrogen (secondary N) is 2. The molecule has 0 aliphatic carbocycles. The smallest absolute Gasteiger partial charge is 0.155 e. The van der Waals surface area contributed by atoms with Gasteiger partial charge in [0.25, 0.3) is 0 Å². The maximum atomic E-state index is 5.85. The molecule has 0 atom stereocenters. The second-order valence-corrected chi connectivity index (χ2v) is 6.35. The summed E-state index contributed by atoms with van der Waals surface area (Å²) in [7, 11) is 4.06. The van der Waals surface area contributed by atoms with Crippen molar-refractivity contribution in [3.05, 3.63) is 48.8 Å². The molecule has 4 aromatic rings. The summed E-state index contributed by atoms with van der Waals surface area (Å²) >= 11 is 0. The maximum absolute atomic E-state index is 5.85. The Morgan fingerprint density at radius 3 is 2.77 bits per heavy atom. The topological polar surface area (TPSA) is 82.7 Å². The van der Waals surface area contributed by atoms with Crippen LogP contribution in [0.4, 0.5) is 0 Å². The quantitative estimate of drug-likeness (QED) is 0.560. The molecule has 26 heavy (non-hydrogen) atoms. The maximum Gasteiger partial charge on any atom is 0.155 e. The fourth-order valence-electron chi connectivity index (χ4n) is 2.81. The van der Waals surface area contributed by atoms with Crippen molar-refractivity contribution in [2.45, 2.75) is 0 Å². The van der Waals surface area contributed by atoms with Crippen molar-refractivity contribution in [2.75, 3.05) is 27.2 Å². The molecule has 2 N–H and O–H groups in total. The van der Waals surface area contributed by atoms with Crippen molar-refractivity contribution < 1.29 is 4.74 Å². The molecule has 0 unspecified atom stereocenters. The van der Waals surface area contributed by atoms with Crippen molar-refractivity contribution in [1.82, 2.24) is 30.3 Å². The summed E-state index contributed by atoms with van der Waals surface area (Å²) in [4.78, 5) is 6.31. The number of likely N-dealkylation sites (N-methyl/N-ethyl adjacent to an activating group) is 1. The first kappa shape index (κ1) is 16.3. The fraction of sp³-hybridized carbons (Fsp3) is 0.211. The second-order valence-electron chi connectivity index (χ2n) is 6.35. The van der Waals surface area contributed by atoms with Crippen molar-refractivity contribution in [3.8, 4) is 28.4 Å². The lowest BCUT2D eigenvalue weighted by Crippen LogP contribution is -2.19. The molecule has 0 aliphatic heterocycles. The zero-order chi connectivity index (χ0) is 17.9. The second kappa shape index (κ2) is 6.97. The number of rotatable bonds is 6. The van der Waals surface area contributed by atoms with Gasteiger partial charge in [0.1, 0.15) is 24.4 Å². The van der Waals surface area contributed by atoms with E-state index in [1.165, 1.54) is 6.33 Å². The standard InChI is InChI=1S/C19H20N6O/c1-25(2)8-9-26-15-5-3-4-13(10-15)18-16-11-14(19-20-12-21-24-19)6-7-17(16)22-23-18/h3-7,10-12H,8-9H2,1-2H3,(H,22,23)(H,20,21,24). The van der Waals surface area contributed by atoms with E-state index in [-0.39, 0.29) is 0 Å². The summed E-state index contributed by atoms with van der Waals surface area (Å²) < 4.78 is 5.85. The van der Waals surface area contributed by atoms with Crippen molar-refractivity contribution in [1.29, 1.82) is 0 Å². The summed E-state index contributed by atoms with van der Waals surface area (Å²) in [5.41, 5.74) is 3.84. The van der Waals surface area contributed by atoms with Gasteiger partial charge in [-0.2, -0.15) is 10.2 Å². The highest BCUT2D eigenvalue weighted by molar-refractivity contribution is 5.95. The molecule has 7 nitrogen and oxygen atoms in total. The van der Waals surface area contributed by atoms with E-state index in [0.717, 1.165) is 45.8 Å². The first-order valence-electron chi connectivity index (χ1n) is 8.42. The minimum atomic E-state index is 0.646. The first-order valence-corrected chi connectivity index (χ1v) is 8.42. The number of hydrogen-bond donors (Lipinski definition) is 2. The van der Waals surface area contributed by atoms with Crippen LogP contribution in [-0.2, 0) is 0 Å². The van der Waals surface area contributed by atoms with Crippen LogP contribution in [0.5, 0.6) is 5.75 Å². The minimum Gasteiger partial charge on any atom is -0.492 e. The Kier molecular flexibility index (Phi) is 4.37. The van der Waals surface area contributed by atoms with Crippen molar-refractivity contribution >= 4 is 10.9 Å². The zero-order valence-electron chi connectivity index (χ0n) is 14.7. The molecule has 2 heterocycles. The van der Waals surface area contributed by atoms with Gasteiger partial charge in [-0.15, -0.1) is 0 Å². The lowest BCUT2D eigenvalue weighted by molar-refractivity contribution is 0.261. The number of H-pyrrole nitrogens is 2. The van der Waals surface area contributed by atoms with E-state index < -0.39 is 0 Å². The lowest BCUT2D eigenvalue weighted by Gasteiger charge is -2.11. The van der Waals surface area contributed by atoms with Gasteiger partial charge in [-0.25, -0.2) is 4.98 Å². The third-order valence-corrected chi connectivity index (χ3v) is 4.17. The molecule has 0 bridgehead atoms. The van der Waals surface area contributed by atoms with E-state index in [1.54, 1.807) is 0 Å². The molecular formula is C19H20N6O. The van der Waals surface area contributed by atoms with Gasteiger partial charge in [0.15, 0.2) is 5.82 Å². The molecule has 0 saturated carbocycles. The largest absolute Gasteiger partial charge is 0.492 e. The molecule has 2 aromatic heterocycles. The van der Waals surface area contributed by atoms with E-state index in [4.69, 9.17) is 4.74 Å². The van der Waals surface area contributed by atoms with Crippen LogP contribution in [0.1, 0.15) is 0 Å². The average molecular weight is 348 g/mol. The molecule has 0 radical (unpaired) electrons. The Hall–Kier alpha value is -3.19. The molecule has 132 valence electrons. The number of nitrogens with zero attached hydrogens (tertiary/aromatic N) is 4. The molecule has 0 spiro atoms. The van der Waals surface area contributed by atoms with Crippen LogP contribution >= 0.6 is 0 Å². The highest BCUT2D eigenvalue weighted by Gasteiger charge is 2.11. The Balaban J connectivity index is 1.67. The van der Waals surface area contributed by atoms with Crippen LogP contribution in [0.2, 0.25) is 0 Å². The molecule has 7 heteroatoms. The monoisotopic (exact) mass is 348 g/mol. The van der Waals surface area contributed by atoms with E-state index in [1.807, 2.05) is 50.5 Å². The zero-order valence-corrected chi connectivity index (χ0v) is 14.7. The van der Waals surface area contributed by atoms with Gasteiger partial charge >= 0.3 is 0 Å². The molecule has 0 saturated heterocycles. The van der Waals surface area contributed by atoms with Gasteiger partial charge in [-0.3, -0.25) is 10.2 Å². The van der Waals surface area contributed by atoms with E-state index in [2.05, 4.69) is 36.3 Å². The summed E-state index contributed by atoms with van der Waals surface area (Å²) in [6, 6.07) is 14.1. The van der Waals surface area contributed by atoms with E-state index >= 15 is 0 Å². The first-order chi connectivity index (χ1) is 12.7. The predicted octanol–water partition coefficient (Wildman–Crippen LogP) is 2.96. The Bertz CT molecular complexity index is 1010. The minimum absolute atomic E-state index is 0.646. The predicted molar refractivity (Wildman–Crippen MR) is 101 cm³/mol. The highest BCUT2D eigenvalue weighted by atomic mass is 16.5. The van der Waals surface area contributed by atoms with Crippen LogP contribution in [0.3, 0.4) is 0 Å². The summed E-state index contributed by atoms with van der Waals surface area (Å²) in [5, 5.41) is 15.4. The Morgan fingerprint density at radius 2 is 1.96 bits per heavy atom. The fourth-order valence-corrected chi connectivity index (χ4v) is 2.81. The SMILES string of the molecule is CN(C)CCOc1cccc(-c2n[nH]c3ccc(-c4ncn[nH]4)cc23)c1. The Labute approximate surface area is 151 Å². The Morgan fingerprint density at radius 1 is 1.04 bits per heavy atom. The normalized spacial score (nSPS) is 11.3. The van der Waals surface area contributed by atoms with Crippen LogP contribution in [-0.4, -0.2) is 57.5 Å². The number of hydrogen-bond acceptors (Lipinski definition) is 5. The average Bonchev–Trinajstić information content (AvgIpc) is 3.31. The van der Waals surface area contributed by atoms with Crippen LogP contribution in [0.15, 0.2) is 48.8 Å². The van der Waals surface area contributed by atoms with Crippen molar-refractivity contribution in [2.24, 2.45) is 0 Å². The molecule has 0 aliphatic rings.